The number of hydrogen-bond acceptors (Lipinski definition) is 3. The Morgan fingerprint density at radius 1 is 1.17 bits per heavy atom. The van der Waals surface area contributed by atoms with Crippen LogP contribution in [0.5, 0.6) is 0 Å². The van der Waals surface area contributed by atoms with Crippen molar-refractivity contribution in [2.45, 2.75) is 26.5 Å². The Morgan fingerprint density at radius 2 is 1.87 bits per heavy atom. The van der Waals surface area contributed by atoms with E-state index in [9.17, 15) is 9.59 Å². The van der Waals surface area contributed by atoms with Crippen LogP contribution in [0.25, 0.3) is 0 Å². The number of benzene rings is 2. The molecule has 0 spiro atoms. The lowest BCUT2D eigenvalue weighted by atomic mass is 10.1. The van der Waals surface area contributed by atoms with Gasteiger partial charge < -0.3 is 10.1 Å². The minimum Gasteiger partial charge on any atom is -0.459 e. The molecule has 0 saturated carbocycles. The highest BCUT2D eigenvalue weighted by molar-refractivity contribution is 9.10. The highest BCUT2D eigenvalue weighted by atomic mass is 79.9. The summed E-state index contributed by atoms with van der Waals surface area (Å²) in [5.74, 6) is -0.754. The molecule has 120 valence electrons. The van der Waals surface area contributed by atoms with Gasteiger partial charge in [0.2, 0.25) is 0 Å². The number of hydrogen-bond donors (Lipinski definition) is 1. The van der Waals surface area contributed by atoms with E-state index in [1.54, 1.807) is 25.1 Å². The van der Waals surface area contributed by atoms with E-state index >= 15 is 0 Å². The molecular weight excluding hydrogens is 358 g/mol. The fraction of sp³-hybridized carbons (Fsp3) is 0.222. The van der Waals surface area contributed by atoms with Gasteiger partial charge in [0, 0.05) is 10.0 Å². The standard InChI is InChI=1S/C18H18BrNO3/c1-12-4-3-5-15(10-12)17(21)20-13(2)18(22)23-11-14-6-8-16(19)9-7-14/h3-10,13H,11H2,1-2H3,(H,20,21)/t13-/m0/s1. The number of halogens is 1. The zero-order chi connectivity index (χ0) is 16.8. The van der Waals surface area contributed by atoms with Gasteiger partial charge in [0.15, 0.2) is 0 Å². The van der Waals surface area contributed by atoms with Gasteiger partial charge in [-0.25, -0.2) is 4.79 Å². The molecule has 2 aromatic rings. The van der Waals surface area contributed by atoms with Gasteiger partial charge in [-0.2, -0.15) is 0 Å². The smallest absolute Gasteiger partial charge is 0.328 e. The van der Waals surface area contributed by atoms with Crippen molar-refractivity contribution >= 4 is 27.8 Å². The van der Waals surface area contributed by atoms with Gasteiger partial charge in [-0.1, -0.05) is 45.8 Å². The highest BCUT2D eigenvalue weighted by Gasteiger charge is 2.18. The summed E-state index contributed by atoms with van der Waals surface area (Å²) in [7, 11) is 0. The quantitative estimate of drug-likeness (QED) is 0.811. The van der Waals surface area contributed by atoms with Crippen molar-refractivity contribution in [1.29, 1.82) is 0 Å². The Hall–Kier alpha value is -2.14. The van der Waals surface area contributed by atoms with Gasteiger partial charge in [0.25, 0.3) is 5.91 Å². The summed E-state index contributed by atoms with van der Waals surface area (Å²) in [4.78, 5) is 24.1. The SMILES string of the molecule is Cc1cccc(C(=O)N[C@@H](C)C(=O)OCc2ccc(Br)cc2)c1. The number of carbonyl (C=O) groups excluding carboxylic acids is 2. The number of aryl methyl sites for hydroxylation is 1. The molecule has 0 aliphatic rings. The highest BCUT2D eigenvalue weighted by Crippen LogP contribution is 2.11. The molecule has 0 aliphatic heterocycles. The van der Waals surface area contributed by atoms with Crippen molar-refractivity contribution in [2.75, 3.05) is 0 Å². The van der Waals surface area contributed by atoms with Gasteiger partial charge in [-0.3, -0.25) is 4.79 Å². The molecule has 2 rings (SSSR count). The Balaban J connectivity index is 1.87. The topological polar surface area (TPSA) is 55.4 Å². The summed E-state index contributed by atoms with van der Waals surface area (Å²) in [6, 6.07) is 14.0. The monoisotopic (exact) mass is 375 g/mol. The molecule has 0 aromatic heterocycles. The zero-order valence-corrected chi connectivity index (χ0v) is 14.6. The number of rotatable bonds is 5. The van der Waals surface area contributed by atoms with Crippen molar-refractivity contribution in [3.63, 3.8) is 0 Å². The van der Waals surface area contributed by atoms with Crippen molar-refractivity contribution in [3.05, 3.63) is 69.7 Å². The molecule has 0 bridgehead atoms. The molecule has 5 heteroatoms. The number of esters is 1. The first-order chi connectivity index (χ1) is 11.0. The lowest BCUT2D eigenvalue weighted by Gasteiger charge is -2.13. The molecule has 0 unspecified atom stereocenters. The van der Waals surface area contributed by atoms with Gasteiger partial charge in [-0.05, 0) is 43.7 Å². The van der Waals surface area contributed by atoms with Crippen LogP contribution in [0.2, 0.25) is 0 Å². The molecule has 0 aliphatic carbocycles. The number of amides is 1. The van der Waals surface area contributed by atoms with Crippen LogP contribution in [-0.4, -0.2) is 17.9 Å². The molecule has 1 atom stereocenters. The van der Waals surface area contributed by atoms with Crippen LogP contribution >= 0.6 is 15.9 Å². The van der Waals surface area contributed by atoms with Gasteiger partial charge in [-0.15, -0.1) is 0 Å². The Bertz CT molecular complexity index is 698. The van der Waals surface area contributed by atoms with Crippen molar-refractivity contribution in [1.82, 2.24) is 5.32 Å². The summed E-state index contributed by atoms with van der Waals surface area (Å²) in [6.07, 6.45) is 0. The van der Waals surface area contributed by atoms with E-state index in [2.05, 4.69) is 21.2 Å². The Kier molecular flexibility index (Phi) is 5.93. The summed E-state index contributed by atoms with van der Waals surface area (Å²) >= 11 is 3.35. The third-order valence-corrected chi connectivity index (χ3v) is 3.80. The number of nitrogens with one attached hydrogen (secondary N) is 1. The van der Waals surface area contributed by atoms with E-state index in [0.717, 1.165) is 15.6 Å². The zero-order valence-electron chi connectivity index (χ0n) is 13.0. The van der Waals surface area contributed by atoms with Gasteiger partial charge in [0.1, 0.15) is 12.6 Å². The van der Waals surface area contributed by atoms with Crippen LogP contribution in [0.1, 0.15) is 28.4 Å². The van der Waals surface area contributed by atoms with E-state index in [4.69, 9.17) is 4.74 Å². The Morgan fingerprint density at radius 3 is 2.52 bits per heavy atom. The molecule has 1 N–H and O–H groups in total. The summed E-state index contributed by atoms with van der Waals surface area (Å²) in [5, 5.41) is 2.65. The summed E-state index contributed by atoms with van der Waals surface area (Å²) in [6.45, 7) is 3.70. The maximum atomic E-state index is 12.1. The first kappa shape index (κ1) is 17.2. The summed E-state index contributed by atoms with van der Waals surface area (Å²) in [5.41, 5.74) is 2.40. The lowest BCUT2D eigenvalue weighted by Crippen LogP contribution is -2.39. The molecule has 0 saturated heterocycles. The van der Waals surface area contributed by atoms with Crippen LogP contribution in [-0.2, 0) is 16.1 Å². The van der Waals surface area contributed by atoms with E-state index in [0.29, 0.717) is 5.56 Å². The molecule has 1 amide bonds. The van der Waals surface area contributed by atoms with Crippen LogP contribution in [0, 0.1) is 6.92 Å². The first-order valence-corrected chi connectivity index (χ1v) is 8.03. The average molecular weight is 376 g/mol. The third-order valence-electron chi connectivity index (χ3n) is 3.28. The largest absolute Gasteiger partial charge is 0.459 e. The maximum absolute atomic E-state index is 12.1. The van der Waals surface area contributed by atoms with E-state index in [1.165, 1.54) is 0 Å². The molecule has 0 radical (unpaired) electrons. The summed E-state index contributed by atoms with van der Waals surface area (Å²) < 4.78 is 6.19. The molecule has 4 nitrogen and oxygen atoms in total. The van der Waals surface area contributed by atoms with Crippen LogP contribution < -0.4 is 5.32 Å². The van der Waals surface area contributed by atoms with Crippen molar-refractivity contribution < 1.29 is 14.3 Å². The van der Waals surface area contributed by atoms with Crippen LogP contribution in [0.15, 0.2) is 53.0 Å². The minimum atomic E-state index is -0.710. The van der Waals surface area contributed by atoms with Gasteiger partial charge in [0.05, 0.1) is 0 Å². The van der Waals surface area contributed by atoms with Crippen molar-refractivity contribution in [2.24, 2.45) is 0 Å². The fourth-order valence-electron chi connectivity index (χ4n) is 1.99. The van der Waals surface area contributed by atoms with E-state index < -0.39 is 12.0 Å². The average Bonchev–Trinajstić information content (AvgIpc) is 2.54. The first-order valence-electron chi connectivity index (χ1n) is 7.24. The maximum Gasteiger partial charge on any atom is 0.328 e. The Labute approximate surface area is 144 Å². The second kappa shape index (κ2) is 7.92. The minimum absolute atomic E-state index is 0.177. The van der Waals surface area contributed by atoms with E-state index in [1.807, 2.05) is 37.3 Å². The second-order valence-corrected chi connectivity index (χ2v) is 6.21. The third kappa shape index (κ3) is 5.21. The second-order valence-electron chi connectivity index (χ2n) is 5.30. The molecule has 23 heavy (non-hydrogen) atoms. The van der Waals surface area contributed by atoms with Crippen LogP contribution in [0.4, 0.5) is 0 Å². The molecule has 2 aromatic carbocycles. The fourth-order valence-corrected chi connectivity index (χ4v) is 2.25. The van der Waals surface area contributed by atoms with Gasteiger partial charge >= 0.3 is 5.97 Å². The lowest BCUT2D eigenvalue weighted by molar-refractivity contribution is -0.146. The predicted molar refractivity (Wildman–Crippen MR) is 92.0 cm³/mol. The molecular formula is C18H18BrNO3. The molecule has 0 heterocycles. The van der Waals surface area contributed by atoms with E-state index in [-0.39, 0.29) is 12.5 Å². The number of carbonyl (C=O) groups is 2. The predicted octanol–water partition coefficient (Wildman–Crippen LogP) is 3.62. The van der Waals surface area contributed by atoms with Crippen molar-refractivity contribution in [3.8, 4) is 0 Å². The number of ether oxygens (including phenoxy) is 1. The van der Waals surface area contributed by atoms with Crippen LogP contribution in [0.3, 0.4) is 0 Å². The molecule has 0 fully saturated rings. The normalized spacial score (nSPS) is 11.6.